The molecule has 0 radical (unpaired) electrons. The Morgan fingerprint density at radius 3 is 2.31 bits per heavy atom. The molecule has 2 aliphatic rings. The van der Waals surface area contributed by atoms with Crippen LogP contribution in [0.15, 0.2) is 18.2 Å². The first kappa shape index (κ1) is 20.8. The van der Waals surface area contributed by atoms with E-state index in [9.17, 15) is 19.2 Å². The summed E-state index contributed by atoms with van der Waals surface area (Å²) in [5.41, 5.74) is 0.473. The van der Waals surface area contributed by atoms with Crippen molar-refractivity contribution in [3.63, 3.8) is 0 Å². The number of rotatable bonds is 5. The molecule has 0 aromatic heterocycles. The van der Waals surface area contributed by atoms with Crippen LogP contribution in [0.5, 0.6) is 0 Å². The Kier molecular flexibility index (Phi) is 6.48. The molecule has 1 aromatic carbocycles. The maximum Gasteiger partial charge on any atom is 0.337 e. The summed E-state index contributed by atoms with van der Waals surface area (Å²) in [5, 5.41) is 7.69. The molecule has 3 atom stereocenters. The zero-order chi connectivity index (χ0) is 21.0. The molecule has 0 spiro atoms. The Labute approximate surface area is 168 Å². The van der Waals surface area contributed by atoms with Crippen molar-refractivity contribution in [1.29, 1.82) is 0 Å². The fourth-order valence-electron chi connectivity index (χ4n) is 3.99. The number of methoxy groups -OCH3 is 2. The molecule has 9 heteroatoms. The van der Waals surface area contributed by atoms with Crippen molar-refractivity contribution in [2.45, 2.75) is 50.2 Å². The molecule has 3 rings (SSSR count). The topological polar surface area (TPSA) is 127 Å². The molecule has 1 saturated carbocycles. The lowest BCUT2D eigenvalue weighted by Crippen LogP contribution is -3.03. The van der Waals surface area contributed by atoms with Gasteiger partial charge in [-0.3, -0.25) is 9.59 Å². The quantitative estimate of drug-likeness (QED) is 0.591. The maximum atomic E-state index is 12.5. The molecule has 2 amide bonds. The van der Waals surface area contributed by atoms with E-state index in [1.807, 2.05) is 5.32 Å². The number of carbonyl (C=O) groups excluding carboxylic acids is 4. The minimum absolute atomic E-state index is 0.00887. The molecule has 4 N–H and O–H groups in total. The van der Waals surface area contributed by atoms with Gasteiger partial charge in [0.05, 0.1) is 37.8 Å². The highest BCUT2D eigenvalue weighted by atomic mass is 16.5. The van der Waals surface area contributed by atoms with Gasteiger partial charge < -0.3 is 25.4 Å². The van der Waals surface area contributed by atoms with E-state index >= 15 is 0 Å². The summed E-state index contributed by atoms with van der Waals surface area (Å²) >= 11 is 0. The summed E-state index contributed by atoms with van der Waals surface area (Å²) in [5.74, 6) is -1.81. The van der Waals surface area contributed by atoms with Crippen LogP contribution in [0.1, 0.15) is 52.8 Å². The SMILES string of the molecule is COC(=O)c1cc(NC(=O)C[C@@H]2[NH2+][C@H]3CCCC[C@@H]3NC2=O)cc(C(=O)OC)c1. The van der Waals surface area contributed by atoms with E-state index in [1.165, 1.54) is 32.4 Å². The third-order valence-corrected chi connectivity index (χ3v) is 5.43. The molecule has 156 valence electrons. The summed E-state index contributed by atoms with van der Waals surface area (Å²) in [6.45, 7) is 0. The molecule has 0 bridgehead atoms. The van der Waals surface area contributed by atoms with Gasteiger partial charge in [0.15, 0.2) is 6.04 Å². The summed E-state index contributed by atoms with van der Waals surface area (Å²) < 4.78 is 9.38. The van der Waals surface area contributed by atoms with E-state index in [2.05, 4.69) is 20.1 Å². The fourth-order valence-corrected chi connectivity index (χ4v) is 3.99. The maximum absolute atomic E-state index is 12.5. The molecule has 29 heavy (non-hydrogen) atoms. The molecular weight excluding hydrogens is 378 g/mol. The fraction of sp³-hybridized carbons (Fsp3) is 0.500. The summed E-state index contributed by atoms with van der Waals surface area (Å²) in [6, 6.07) is 4.13. The van der Waals surface area contributed by atoms with E-state index in [0.717, 1.165) is 25.7 Å². The molecule has 1 heterocycles. The molecule has 9 nitrogen and oxygen atoms in total. The van der Waals surface area contributed by atoms with Gasteiger partial charge in [0.2, 0.25) is 5.91 Å². The largest absolute Gasteiger partial charge is 0.465 e. The van der Waals surface area contributed by atoms with Gasteiger partial charge in [-0.05, 0) is 31.0 Å². The number of esters is 2. The van der Waals surface area contributed by atoms with Crippen molar-refractivity contribution in [2.75, 3.05) is 19.5 Å². The van der Waals surface area contributed by atoms with Crippen LogP contribution >= 0.6 is 0 Å². The number of quaternary nitrogens is 1. The van der Waals surface area contributed by atoms with E-state index in [-0.39, 0.29) is 41.1 Å². The number of anilines is 1. The minimum Gasteiger partial charge on any atom is -0.465 e. The smallest absolute Gasteiger partial charge is 0.337 e. The van der Waals surface area contributed by atoms with Crippen molar-refractivity contribution in [2.24, 2.45) is 0 Å². The lowest BCUT2D eigenvalue weighted by molar-refractivity contribution is -0.718. The third kappa shape index (κ3) is 4.92. The van der Waals surface area contributed by atoms with Gasteiger partial charge in [0.25, 0.3) is 5.91 Å². The summed E-state index contributed by atoms with van der Waals surface area (Å²) in [7, 11) is 2.45. The van der Waals surface area contributed by atoms with E-state index in [1.54, 1.807) is 0 Å². The van der Waals surface area contributed by atoms with E-state index < -0.39 is 18.0 Å². The van der Waals surface area contributed by atoms with Crippen LogP contribution in [0.4, 0.5) is 5.69 Å². The average Bonchev–Trinajstić information content (AvgIpc) is 2.72. The standard InChI is InChI=1S/C20H25N3O6/c1-28-19(26)11-7-12(20(27)29-2)9-13(8-11)21-17(24)10-16-18(25)23-15-6-4-3-5-14(15)22-16/h7-9,14-16,22H,3-6,10H2,1-2H3,(H,21,24)(H,23,25)/p+1/t14-,15-,16-/m0/s1. The molecule has 1 aliphatic heterocycles. The second-order valence-electron chi connectivity index (χ2n) is 7.40. The first-order valence-corrected chi connectivity index (χ1v) is 9.68. The number of hydrogen-bond acceptors (Lipinski definition) is 6. The zero-order valence-corrected chi connectivity index (χ0v) is 16.5. The summed E-state index contributed by atoms with van der Waals surface area (Å²) in [4.78, 5) is 48.6. The Morgan fingerprint density at radius 1 is 1.07 bits per heavy atom. The highest BCUT2D eigenvalue weighted by Crippen LogP contribution is 2.20. The van der Waals surface area contributed by atoms with E-state index in [4.69, 9.17) is 0 Å². The number of ether oxygens (including phenoxy) is 2. The van der Waals surface area contributed by atoms with Gasteiger partial charge in [0.1, 0.15) is 6.04 Å². The van der Waals surface area contributed by atoms with Crippen LogP contribution in [0, 0.1) is 0 Å². The first-order valence-electron chi connectivity index (χ1n) is 9.68. The number of fused-ring (bicyclic) bond motifs is 1. The van der Waals surface area contributed by atoms with Gasteiger partial charge in [-0.1, -0.05) is 6.42 Å². The van der Waals surface area contributed by atoms with Crippen molar-refractivity contribution in [1.82, 2.24) is 5.32 Å². The molecule has 1 saturated heterocycles. The van der Waals surface area contributed by atoms with Gasteiger partial charge in [-0.25, -0.2) is 9.59 Å². The molecular formula is C20H26N3O6+. The minimum atomic E-state index is -0.644. The van der Waals surface area contributed by atoms with Crippen LogP contribution in [0.25, 0.3) is 0 Å². The Bertz CT molecular complexity index is 790. The lowest BCUT2D eigenvalue weighted by atomic mass is 9.87. The van der Waals surface area contributed by atoms with Gasteiger partial charge in [-0.15, -0.1) is 0 Å². The van der Waals surface area contributed by atoms with Crippen molar-refractivity contribution < 1.29 is 34.0 Å². The lowest BCUT2D eigenvalue weighted by Gasteiger charge is -2.37. The normalized spacial score (nSPS) is 23.4. The molecule has 2 fully saturated rings. The molecule has 1 aromatic rings. The van der Waals surface area contributed by atoms with Crippen LogP contribution in [-0.2, 0) is 19.1 Å². The summed E-state index contributed by atoms with van der Waals surface area (Å²) in [6.07, 6.45) is 4.23. The second-order valence-corrected chi connectivity index (χ2v) is 7.40. The highest BCUT2D eigenvalue weighted by Gasteiger charge is 2.40. The van der Waals surface area contributed by atoms with E-state index in [0.29, 0.717) is 6.04 Å². The third-order valence-electron chi connectivity index (χ3n) is 5.43. The predicted molar refractivity (Wildman–Crippen MR) is 102 cm³/mol. The number of piperazine rings is 1. The highest BCUT2D eigenvalue weighted by molar-refractivity contribution is 6.00. The van der Waals surface area contributed by atoms with Crippen LogP contribution < -0.4 is 16.0 Å². The van der Waals surface area contributed by atoms with Crippen LogP contribution in [0.2, 0.25) is 0 Å². The second kappa shape index (κ2) is 9.04. The first-order chi connectivity index (χ1) is 13.9. The monoisotopic (exact) mass is 404 g/mol. The number of carbonyl (C=O) groups is 4. The van der Waals surface area contributed by atoms with Crippen molar-refractivity contribution in [3.05, 3.63) is 29.3 Å². The Balaban J connectivity index is 1.70. The van der Waals surface area contributed by atoms with Crippen molar-refractivity contribution >= 4 is 29.4 Å². The number of hydrogen-bond donors (Lipinski definition) is 3. The van der Waals surface area contributed by atoms with Gasteiger partial charge in [-0.2, -0.15) is 0 Å². The van der Waals surface area contributed by atoms with Crippen molar-refractivity contribution in [3.8, 4) is 0 Å². The molecule has 0 unspecified atom stereocenters. The number of nitrogens with one attached hydrogen (secondary N) is 2. The number of nitrogens with two attached hydrogens (primary N) is 1. The van der Waals surface area contributed by atoms with Gasteiger partial charge >= 0.3 is 11.9 Å². The Hall–Kier alpha value is -2.94. The van der Waals surface area contributed by atoms with Crippen LogP contribution in [-0.4, -0.2) is 56.1 Å². The average molecular weight is 404 g/mol. The zero-order valence-electron chi connectivity index (χ0n) is 16.5. The predicted octanol–water partition coefficient (Wildman–Crippen LogP) is -0.0386. The number of benzene rings is 1. The van der Waals surface area contributed by atoms with Gasteiger partial charge in [0, 0.05) is 12.1 Å². The Morgan fingerprint density at radius 2 is 1.69 bits per heavy atom. The molecule has 1 aliphatic carbocycles. The van der Waals surface area contributed by atoms with Crippen LogP contribution in [0.3, 0.4) is 0 Å². The number of amides is 2.